The highest BCUT2D eigenvalue weighted by molar-refractivity contribution is 6.17. The molecule has 5 heteroatoms. The van der Waals surface area contributed by atoms with Crippen molar-refractivity contribution in [3.63, 3.8) is 0 Å². The zero-order chi connectivity index (χ0) is 13.1. The maximum Gasteiger partial charge on any atom is 0.213 e. The van der Waals surface area contributed by atoms with E-state index in [-0.39, 0.29) is 0 Å². The Balaban J connectivity index is 1.74. The van der Waals surface area contributed by atoms with Crippen molar-refractivity contribution in [2.24, 2.45) is 0 Å². The van der Waals surface area contributed by atoms with E-state index in [4.69, 9.17) is 16.3 Å². The largest absolute Gasteiger partial charge is 0.471 e. The van der Waals surface area contributed by atoms with Crippen molar-refractivity contribution in [2.75, 3.05) is 0 Å². The number of aromatic nitrogens is 3. The molecule has 3 aromatic heterocycles. The van der Waals surface area contributed by atoms with Crippen LogP contribution in [0.1, 0.15) is 11.3 Å². The smallest absolute Gasteiger partial charge is 0.213 e. The van der Waals surface area contributed by atoms with Gasteiger partial charge in [0.05, 0.1) is 5.69 Å². The van der Waals surface area contributed by atoms with Crippen LogP contribution in [0, 0.1) is 0 Å². The van der Waals surface area contributed by atoms with Gasteiger partial charge in [0.1, 0.15) is 12.3 Å². The normalized spacial score (nSPS) is 10.8. The number of ether oxygens (including phenoxy) is 1. The molecule has 0 spiro atoms. The van der Waals surface area contributed by atoms with Crippen LogP contribution in [0.5, 0.6) is 5.88 Å². The molecule has 4 nitrogen and oxygen atoms in total. The fraction of sp³-hybridized carbons (Fsp3) is 0.143. The molecule has 3 aromatic rings. The SMILES string of the molecule is ClCc1ccnc(OCc2cn3ccccc3n2)c1. The number of hydrogen-bond acceptors (Lipinski definition) is 3. The average Bonchev–Trinajstić information content (AvgIpc) is 2.88. The van der Waals surface area contributed by atoms with Gasteiger partial charge in [-0.2, -0.15) is 0 Å². The summed E-state index contributed by atoms with van der Waals surface area (Å²) in [4.78, 5) is 8.60. The molecule has 0 aliphatic rings. The van der Waals surface area contributed by atoms with Gasteiger partial charge in [-0.3, -0.25) is 0 Å². The molecule has 0 atom stereocenters. The lowest BCUT2D eigenvalue weighted by Gasteiger charge is -2.03. The number of rotatable bonds is 4. The molecule has 0 saturated carbocycles. The topological polar surface area (TPSA) is 39.4 Å². The standard InChI is InChI=1S/C14H12ClN3O/c15-8-11-4-5-16-14(7-11)19-10-12-9-18-6-2-1-3-13(18)17-12/h1-7,9H,8,10H2. The minimum Gasteiger partial charge on any atom is -0.471 e. The van der Waals surface area contributed by atoms with Gasteiger partial charge >= 0.3 is 0 Å². The Morgan fingerprint density at radius 2 is 2.21 bits per heavy atom. The maximum absolute atomic E-state index is 5.77. The number of imidazole rings is 1. The zero-order valence-electron chi connectivity index (χ0n) is 10.2. The van der Waals surface area contributed by atoms with Gasteiger partial charge in [0.15, 0.2) is 0 Å². The molecule has 0 aromatic carbocycles. The van der Waals surface area contributed by atoms with E-state index in [1.54, 1.807) is 6.20 Å². The Kier molecular flexibility index (Phi) is 3.33. The predicted molar refractivity (Wildman–Crippen MR) is 73.3 cm³/mol. The van der Waals surface area contributed by atoms with Crippen molar-refractivity contribution < 1.29 is 4.74 Å². The van der Waals surface area contributed by atoms with Gasteiger partial charge in [-0.1, -0.05) is 6.07 Å². The van der Waals surface area contributed by atoms with Crippen molar-refractivity contribution in [3.05, 3.63) is 60.2 Å². The van der Waals surface area contributed by atoms with Crippen molar-refractivity contribution in [1.82, 2.24) is 14.4 Å². The van der Waals surface area contributed by atoms with Crippen LogP contribution in [0.4, 0.5) is 0 Å². The molecule has 96 valence electrons. The van der Waals surface area contributed by atoms with E-state index in [0.29, 0.717) is 18.4 Å². The third-order valence-electron chi connectivity index (χ3n) is 2.74. The first-order chi connectivity index (χ1) is 9.35. The highest BCUT2D eigenvalue weighted by Gasteiger charge is 2.03. The van der Waals surface area contributed by atoms with Crippen molar-refractivity contribution in [3.8, 4) is 5.88 Å². The van der Waals surface area contributed by atoms with E-state index in [0.717, 1.165) is 16.9 Å². The Labute approximate surface area is 115 Å². The van der Waals surface area contributed by atoms with Crippen LogP contribution in [-0.2, 0) is 12.5 Å². The molecule has 0 aliphatic heterocycles. The van der Waals surface area contributed by atoms with Crippen LogP contribution in [0.3, 0.4) is 0 Å². The van der Waals surface area contributed by atoms with Crippen LogP contribution in [-0.4, -0.2) is 14.4 Å². The number of pyridine rings is 2. The zero-order valence-corrected chi connectivity index (χ0v) is 10.9. The Bertz CT molecular complexity index is 663. The highest BCUT2D eigenvalue weighted by Crippen LogP contribution is 2.13. The summed E-state index contributed by atoms with van der Waals surface area (Å²) in [6.07, 6.45) is 5.59. The lowest BCUT2D eigenvalue weighted by molar-refractivity contribution is 0.289. The molecule has 3 heterocycles. The number of fused-ring (bicyclic) bond motifs is 1. The van der Waals surface area contributed by atoms with Gasteiger partial charge in [-0.05, 0) is 23.8 Å². The fourth-order valence-electron chi connectivity index (χ4n) is 1.82. The Morgan fingerprint density at radius 3 is 3.05 bits per heavy atom. The number of halogens is 1. The quantitative estimate of drug-likeness (QED) is 0.686. The fourth-order valence-corrected chi connectivity index (χ4v) is 1.98. The first-order valence-electron chi connectivity index (χ1n) is 5.91. The predicted octanol–water partition coefficient (Wildman–Crippen LogP) is 3.05. The second-order valence-corrected chi connectivity index (χ2v) is 4.39. The molecule has 0 fully saturated rings. The van der Waals surface area contributed by atoms with Crippen molar-refractivity contribution in [1.29, 1.82) is 0 Å². The molecule has 0 saturated heterocycles. The average molecular weight is 274 g/mol. The molecule has 3 rings (SSSR count). The Hall–Kier alpha value is -2.07. The maximum atomic E-state index is 5.77. The lowest BCUT2D eigenvalue weighted by Crippen LogP contribution is -1.97. The van der Waals surface area contributed by atoms with Gasteiger partial charge in [-0.25, -0.2) is 9.97 Å². The number of nitrogens with zero attached hydrogens (tertiary/aromatic N) is 3. The van der Waals surface area contributed by atoms with E-state index >= 15 is 0 Å². The van der Waals surface area contributed by atoms with E-state index in [1.807, 2.05) is 47.1 Å². The monoisotopic (exact) mass is 273 g/mol. The molecule has 0 N–H and O–H groups in total. The van der Waals surface area contributed by atoms with E-state index in [1.165, 1.54) is 0 Å². The highest BCUT2D eigenvalue weighted by atomic mass is 35.5. The van der Waals surface area contributed by atoms with Crippen LogP contribution < -0.4 is 4.74 Å². The summed E-state index contributed by atoms with van der Waals surface area (Å²) in [6, 6.07) is 9.58. The van der Waals surface area contributed by atoms with Crippen molar-refractivity contribution in [2.45, 2.75) is 12.5 Å². The molecule has 0 aliphatic carbocycles. The minimum atomic E-state index is 0.389. The van der Waals surface area contributed by atoms with E-state index in [9.17, 15) is 0 Å². The van der Waals surface area contributed by atoms with Crippen LogP contribution in [0.25, 0.3) is 5.65 Å². The molecular weight excluding hydrogens is 262 g/mol. The summed E-state index contributed by atoms with van der Waals surface area (Å²) in [7, 11) is 0. The first-order valence-corrected chi connectivity index (χ1v) is 6.45. The van der Waals surface area contributed by atoms with Gasteiger partial charge in [0, 0.05) is 30.5 Å². The summed E-state index contributed by atoms with van der Waals surface area (Å²) >= 11 is 5.77. The summed E-state index contributed by atoms with van der Waals surface area (Å²) in [5.74, 6) is 1.02. The summed E-state index contributed by atoms with van der Waals surface area (Å²) in [5.41, 5.74) is 2.76. The van der Waals surface area contributed by atoms with E-state index < -0.39 is 0 Å². The minimum absolute atomic E-state index is 0.389. The third kappa shape index (κ3) is 2.69. The molecule has 0 unspecified atom stereocenters. The number of alkyl halides is 1. The van der Waals surface area contributed by atoms with Gasteiger partial charge < -0.3 is 9.14 Å². The molecule has 19 heavy (non-hydrogen) atoms. The number of hydrogen-bond donors (Lipinski definition) is 0. The molecular formula is C14H12ClN3O. The van der Waals surface area contributed by atoms with Gasteiger partial charge in [-0.15, -0.1) is 11.6 Å². The van der Waals surface area contributed by atoms with E-state index in [2.05, 4.69) is 9.97 Å². The summed E-state index contributed by atoms with van der Waals surface area (Å²) in [6.45, 7) is 0.389. The Morgan fingerprint density at radius 1 is 1.26 bits per heavy atom. The van der Waals surface area contributed by atoms with Gasteiger partial charge in [0.25, 0.3) is 0 Å². The van der Waals surface area contributed by atoms with Crippen LogP contribution in [0.2, 0.25) is 0 Å². The molecule has 0 radical (unpaired) electrons. The van der Waals surface area contributed by atoms with Crippen molar-refractivity contribution >= 4 is 17.2 Å². The third-order valence-corrected chi connectivity index (χ3v) is 3.04. The van der Waals surface area contributed by atoms with Crippen LogP contribution >= 0.6 is 11.6 Å². The van der Waals surface area contributed by atoms with Gasteiger partial charge in [0.2, 0.25) is 5.88 Å². The first kappa shape index (κ1) is 12.0. The summed E-state index contributed by atoms with van der Waals surface area (Å²) in [5, 5.41) is 0. The van der Waals surface area contributed by atoms with Crippen LogP contribution in [0.15, 0.2) is 48.9 Å². The summed E-state index contributed by atoms with van der Waals surface area (Å²) < 4.78 is 7.58. The lowest BCUT2D eigenvalue weighted by atomic mass is 10.3. The second-order valence-electron chi connectivity index (χ2n) is 4.12. The molecule has 0 amide bonds. The second kappa shape index (κ2) is 5.28. The molecule has 0 bridgehead atoms.